The zero-order chi connectivity index (χ0) is 30.1. The third-order valence-electron chi connectivity index (χ3n) is 7.92. The van der Waals surface area contributed by atoms with Crippen LogP contribution in [-0.2, 0) is 14.3 Å². The Bertz CT molecular complexity index is 624. The summed E-state index contributed by atoms with van der Waals surface area (Å²) < 4.78 is 5.61. The molecule has 1 N–H and O–H groups in total. The van der Waals surface area contributed by atoms with E-state index in [9.17, 15) is 9.59 Å². The maximum Gasteiger partial charge on any atom is 0.306 e. The summed E-state index contributed by atoms with van der Waals surface area (Å²) in [7, 11) is 0. The van der Waals surface area contributed by atoms with E-state index in [2.05, 4.69) is 31.2 Å². The van der Waals surface area contributed by atoms with Crippen LogP contribution < -0.4 is 0 Å². The Morgan fingerprint density at radius 3 is 1.46 bits per heavy atom. The van der Waals surface area contributed by atoms with Crippen molar-refractivity contribution in [3.8, 4) is 0 Å². The summed E-state index contributed by atoms with van der Waals surface area (Å²) >= 11 is 0. The third kappa shape index (κ3) is 34.5. The number of carbonyl (C=O) groups is 2. The maximum atomic E-state index is 12.1. The van der Waals surface area contributed by atoms with Crippen molar-refractivity contribution in [3.05, 3.63) is 24.3 Å². The van der Waals surface area contributed by atoms with Crippen molar-refractivity contribution in [2.75, 3.05) is 0 Å². The molecule has 0 heterocycles. The van der Waals surface area contributed by atoms with Crippen molar-refractivity contribution in [2.45, 2.75) is 200 Å². The third-order valence-corrected chi connectivity index (χ3v) is 7.92. The van der Waals surface area contributed by atoms with E-state index < -0.39 is 5.97 Å². The number of carbonyl (C=O) groups excluding carboxylic acids is 1. The molecule has 0 aromatic heterocycles. The Kier molecular flexibility index (Phi) is 31.7. The van der Waals surface area contributed by atoms with Gasteiger partial charge in [-0.2, -0.15) is 0 Å². The normalized spacial score (nSPS) is 12.4. The summed E-state index contributed by atoms with van der Waals surface area (Å²) in [6.45, 7) is 4.29. The molecule has 4 heteroatoms. The number of ether oxygens (including phenoxy) is 1. The molecule has 0 spiro atoms. The van der Waals surface area contributed by atoms with Crippen LogP contribution in [0.4, 0.5) is 0 Å². The molecule has 240 valence electrons. The minimum absolute atomic E-state index is 0.0158. The average Bonchev–Trinajstić information content (AvgIpc) is 2.94. The highest BCUT2D eigenvalue weighted by atomic mass is 16.5. The molecule has 0 saturated heterocycles. The lowest BCUT2D eigenvalue weighted by Gasteiger charge is -2.13. The van der Waals surface area contributed by atoms with Crippen molar-refractivity contribution < 1.29 is 19.4 Å². The average molecular weight is 577 g/mol. The lowest BCUT2D eigenvalue weighted by atomic mass is 10.0. The lowest BCUT2D eigenvalue weighted by molar-refractivity contribution is -0.148. The van der Waals surface area contributed by atoms with Crippen molar-refractivity contribution in [2.24, 2.45) is 0 Å². The van der Waals surface area contributed by atoms with Crippen LogP contribution in [0.5, 0.6) is 0 Å². The van der Waals surface area contributed by atoms with Gasteiger partial charge < -0.3 is 9.84 Å². The number of aliphatic carboxylic acids is 1. The second-order valence-corrected chi connectivity index (χ2v) is 12.2. The summed E-state index contributed by atoms with van der Waals surface area (Å²) in [5, 5.41) is 8.63. The van der Waals surface area contributed by atoms with E-state index in [0.29, 0.717) is 12.8 Å². The fraction of sp³-hybridized carbons (Fsp3) is 0.838. The van der Waals surface area contributed by atoms with Crippen LogP contribution in [0, 0.1) is 0 Å². The molecule has 1 unspecified atom stereocenters. The van der Waals surface area contributed by atoms with Gasteiger partial charge in [0.2, 0.25) is 0 Å². The first-order chi connectivity index (χ1) is 20.1. The Balaban J connectivity index is 3.34. The van der Waals surface area contributed by atoms with E-state index in [1.54, 1.807) is 0 Å². The zero-order valence-electron chi connectivity index (χ0n) is 27.4. The van der Waals surface area contributed by atoms with Crippen molar-refractivity contribution in [1.29, 1.82) is 0 Å². The largest absolute Gasteiger partial charge is 0.481 e. The van der Waals surface area contributed by atoms with Gasteiger partial charge in [-0.3, -0.25) is 9.59 Å². The van der Waals surface area contributed by atoms with E-state index in [4.69, 9.17) is 9.84 Å². The van der Waals surface area contributed by atoms with E-state index >= 15 is 0 Å². The van der Waals surface area contributed by atoms with E-state index in [-0.39, 0.29) is 12.1 Å². The van der Waals surface area contributed by atoms with Gasteiger partial charge in [-0.05, 0) is 64.7 Å². The number of esters is 1. The molecule has 0 aliphatic carbocycles. The Labute approximate surface area is 255 Å². The van der Waals surface area contributed by atoms with Crippen LogP contribution in [-0.4, -0.2) is 23.1 Å². The lowest BCUT2D eigenvalue weighted by Crippen LogP contribution is -2.14. The Morgan fingerprint density at radius 2 is 0.976 bits per heavy atom. The highest BCUT2D eigenvalue weighted by Gasteiger charge is 2.09. The number of allylic oxidation sites excluding steroid dienone is 4. The van der Waals surface area contributed by atoms with Crippen LogP contribution in [0.15, 0.2) is 24.3 Å². The molecule has 0 aromatic rings. The van der Waals surface area contributed by atoms with Crippen molar-refractivity contribution in [1.82, 2.24) is 0 Å². The molecule has 41 heavy (non-hydrogen) atoms. The van der Waals surface area contributed by atoms with Crippen molar-refractivity contribution >= 4 is 11.9 Å². The molecular weight excluding hydrogens is 508 g/mol. The molecule has 0 rings (SSSR count). The van der Waals surface area contributed by atoms with Crippen LogP contribution in [0.25, 0.3) is 0 Å². The highest BCUT2D eigenvalue weighted by molar-refractivity contribution is 5.69. The summed E-state index contributed by atoms with van der Waals surface area (Å²) in [4.78, 5) is 22.6. The van der Waals surface area contributed by atoms with Crippen LogP contribution in [0.1, 0.15) is 194 Å². The van der Waals surface area contributed by atoms with Gasteiger partial charge in [0, 0.05) is 12.8 Å². The summed E-state index contributed by atoms with van der Waals surface area (Å²) in [5.74, 6) is -0.694. The van der Waals surface area contributed by atoms with E-state index in [1.165, 1.54) is 116 Å². The molecule has 1 atom stereocenters. The SMILES string of the molecule is CCCCC/C=C\C/C=C\CCCCCCCCCCCC(=O)OC(C)CCCCCCCCCCCCC(=O)O. The molecular formula is C37H68O4. The first kappa shape index (κ1) is 39.4. The molecule has 0 radical (unpaired) electrons. The van der Waals surface area contributed by atoms with Gasteiger partial charge >= 0.3 is 11.9 Å². The molecule has 0 fully saturated rings. The van der Waals surface area contributed by atoms with E-state index in [1.807, 2.05) is 6.92 Å². The Hall–Kier alpha value is -1.58. The fourth-order valence-corrected chi connectivity index (χ4v) is 5.25. The van der Waals surface area contributed by atoms with E-state index in [0.717, 1.165) is 51.4 Å². The van der Waals surface area contributed by atoms with Crippen LogP contribution in [0.2, 0.25) is 0 Å². The maximum absolute atomic E-state index is 12.1. The van der Waals surface area contributed by atoms with Gasteiger partial charge in [0.05, 0.1) is 6.10 Å². The Morgan fingerprint density at radius 1 is 0.561 bits per heavy atom. The monoisotopic (exact) mass is 577 g/mol. The quantitative estimate of drug-likeness (QED) is 0.0491. The molecule has 4 nitrogen and oxygen atoms in total. The topological polar surface area (TPSA) is 63.6 Å². The number of carboxylic acid groups (broad SMARTS) is 1. The van der Waals surface area contributed by atoms with Crippen LogP contribution in [0.3, 0.4) is 0 Å². The summed E-state index contributed by atoms with van der Waals surface area (Å²) in [6.07, 6.45) is 41.7. The van der Waals surface area contributed by atoms with Crippen LogP contribution >= 0.6 is 0 Å². The summed E-state index contributed by atoms with van der Waals surface area (Å²) in [6, 6.07) is 0. The number of carboxylic acids is 1. The first-order valence-corrected chi connectivity index (χ1v) is 17.8. The van der Waals surface area contributed by atoms with Gasteiger partial charge in [-0.1, -0.05) is 140 Å². The second kappa shape index (κ2) is 32.9. The predicted octanol–water partition coefficient (Wildman–Crippen LogP) is 12.1. The molecule has 0 saturated carbocycles. The highest BCUT2D eigenvalue weighted by Crippen LogP contribution is 2.15. The predicted molar refractivity (Wildman–Crippen MR) is 176 cm³/mol. The summed E-state index contributed by atoms with van der Waals surface area (Å²) in [5.41, 5.74) is 0. The van der Waals surface area contributed by atoms with Gasteiger partial charge in [0.1, 0.15) is 0 Å². The number of unbranched alkanes of at least 4 members (excludes halogenated alkanes) is 21. The minimum atomic E-state index is -0.678. The standard InChI is InChI=1S/C37H68O4/c1-3-4-5-6-7-8-9-10-11-12-13-14-15-16-17-22-25-28-31-34-37(40)41-35(2)32-29-26-23-20-18-19-21-24-27-30-33-36(38)39/h7-8,10-11,35H,3-6,9,12-34H2,1-2H3,(H,38,39)/b8-7-,11-10-. The first-order valence-electron chi connectivity index (χ1n) is 17.8. The van der Waals surface area contributed by atoms with Crippen molar-refractivity contribution in [3.63, 3.8) is 0 Å². The fourth-order valence-electron chi connectivity index (χ4n) is 5.25. The molecule has 0 bridgehead atoms. The zero-order valence-corrected chi connectivity index (χ0v) is 27.4. The van der Waals surface area contributed by atoms with Gasteiger partial charge in [-0.15, -0.1) is 0 Å². The van der Waals surface area contributed by atoms with Gasteiger partial charge in [0.15, 0.2) is 0 Å². The molecule has 0 aliphatic rings. The van der Waals surface area contributed by atoms with Gasteiger partial charge in [0.25, 0.3) is 0 Å². The number of hydrogen-bond acceptors (Lipinski definition) is 3. The molecule has 0 amide bonds. The molecule has 0 aromatic carbocycles. The van der Waals surface area contributed by atoms with Gasteiger partial charge in [-0.25, -0.2) is 0 Å². The smallest absolute Gasteiger partial charge is 0.306 e. The second-order valence-electron chi connectivity index (χ2n) is 12.2. The number of rotatable bonds is 32. The molecule has 0 aliphatic heterocycles. The number of hydrogen-bond donors (Lipinski definition) is 1. The minimum Gasteiger partial charge on any atom is -0.481 e.